The highest BCUT2D eigenvalue weighted by molar-refractivity contribution is 6.35. The monoisotopic (exact) mass is 232 g/mol. The normalized spacial score (nSPS) is 11.4. The van der Waals surface area contributed by atoms with Crippen LogP contribution >= 0.6 is 11.6 Å². The molecular weight excluding hydrogens is 220 g/mol. The molecule has 0 radical (unpaired) electrons. The van der Waals surface area contributed by atoms with Crippen molar-refractivity contribution in [3.63, 3.8) is 0 Å². The Morgan fingerprint density at radius 1 is 1.31 bits per heavy atom. The largest absolute Gasteiger partial charge is 0.330 e. The Morgan fingerprint density at radius 2 is 2.19 bits per heavy atom. The number of fused-ring (bicyclic) bond motifs is 1. The zero-order valence-electron chi connectivity index (χ0n) is 8.86. The van der Waals surface area contributed by atoms with Gasteiger partial charge in [0.15, 0.2) is 0 Å². The van der Waals surface area contributed by atoms with Crippen LogP contribution in [0.1, 0.15) is 12.0 Å². The number of halogens is 1. The van der Waals surface area contributed by atoms with Crippen molar-refractivity contribution in [2.45, 2.75) is 6.42 Å². The Balaban J connectivity index is 2.37. The van der Waals surface area contributed by atoms with Crippen LogP contribution in [0.4, 0.5) is 0 Å². The highest BCUT2D eigenvalue weighted by Crippen LogP contribution is 2.22. The third kappa shape index (κ3) is 2.40. The van der Waals surface area contributed by atoms with Gasteiger partial charge in [-0.2, -0.15) is 0 Å². The lowest BCUT2D eigenvalue weighted by atomic mass is 10.1. The molecule has 0 aliphatic rings. The molecule has 0 bridgehead atoms. The highest BCUT2D eigenvalue weighted by atomic mass is 35.5. The van der Waals surface area contributed by atoms with Gasteiger partial charge >= 0.3 is 0 Å². The van der Waals surface area contributed by atoms with E-state index in [1.807, 2.05) is 18.2 Å². The van der Waals surface area contributed by atoms with Crippen molar-refractivity contribution in [3.8, 4) is 0 Å². The van der Waals surface area contributed by atoms with Gasteiger partial charge in [-0.25, -0.2) is 0 Å². The van der Waals surface area contributed by atoms with E-state index in [9.17, 15) is 0 Å². The smallest absolute Gasteiger partial charge is 0.0722 e. The van der Waals surface area contributed by atoms with Crippen molar-refractivity contribution >= 4 is 28.6 Å². The second-order valence-electron chi connectivity index (χ2n) is 3.55. The first-order chi connectivity index (χ1) is 7.81. The predicted molar refractivity (Wildman–Crippen MR) is 69.5 cm³/mol. The number of aromatic nitrogens is 1. The quantitative estimate of drug-likeness (QED) is 0.882. The Labute approximate surface area is 99.7 Å². The molecule has 2 aromatic rings. The van der Waals surface area contributed by atoms with E-state index in [-0.39, 0.29) is 0 Å². The minimum atomic E-state index is 0.675. The van der Waals surface area contributed by atoms with Gasteiger partial charge in [-0.05, 0) is 30.7 Å². The lowest BCUT2D eigenvalue weighted by Crippen LogP contribution is -1.94. The summed E-state index contributed by atoms with van der Waals surface area (Å²) in [5, 5.41) is 1.72. The maximum absolute atomic E-state index is 6.06. The molecule has 1 aromatic heterocycles. The maximum atomic E-state index is 6.06. The number of pyridine rings is 1. The number of benzene rings is 1. The third-order valence-corrected chi connectivity index (χ3v) is 2.69. The minimum Gasteiger partial charge on any atom is -0.330 e. The summed E-state index contributed by atoms with van der Waals surface area (Å²) in [6.45, 7) is 0.675. The molecule has 3 heteroatoms. The molecule has 0 saturated heterocycles. The summed E-state index contributed by atoms with van der Waals surface area (Å²) in [5.74, 6) is 0. The van der Waals surface area contributed by atoms with Crippen LogP contribution in [0.5, 0.6) is 0 Å². The van der Waals surface area contributed by atoms with Crippen molar-refractivity contribution in [1.82, 2.24) is 4.98 Å². The molecule has 0 atom stereocenters. The molecule has 0 aliphatic heterocycles. The van der Waals surface area contributed by atoms with Gasteiger partial charge in [0.05, 0.1) is 10.5 Å². The van der Waals surface area contributed by atoms with E-state index in [2.05, 4.69) is 17.1 Å². The maximum Gasteiger partial charge on any atom is 0.0722 e. The van der Waals surface area contributed by atoms with E-state index in [1.165, 1.54) is 0 Å². The molecule has 0 amide bonds. The Morgan fingerprint density at radius 3 is 3.00 bits per heavy atom. The van der Waals surface area contributed by atoms with Crippen LogP contribution in [0.25, 0.3) is 17.0 Å². The standard InChI is InChI=1S/C13H13ClN2/c14-12-6-8-16-13-9-10(3-1-2-7-15)4-5-11(12)13/h1,3-6,8-9H,2,7,15H2. The predicted octanol–water partition coefficient (Wildman–Crippen LogP) is 3.25. The van der Waals surface area contributed by atoms with Gasteiger partial charge in [0.1, 0.15) is 0 Å². The van der Waals surface area contributed by atoms with Crippen LogP contribution in [0.15, 0.2) is 36.5 Å². The van der Waals surface area contributed by atoms with Crippen molar-refractivity contribution in [1.29, 1.82) is 0 Å². The SMILES string of the molecule is NCCC=Cc1ccc2c(Cl)ccnc2c1. The van der Waals surface area contributed by atoms with Gasteiger partial charge < -0.3 is 5.73 Å². The van der Waals surface area contributed by atoms with Crippen molar-refractivity contribution in [2.75, 3.05) is 6.54 Å². The van der Waals surface area contributed by atoms with Gasteiger partial charge in [0.25, 0.3) is 0 Å². The zero-order valence-corrected chi connectivity index (χ0v) is 9.61. The van der Waals surface area contributed by atoms with E-state index < -0.39 is 0 Å². The summed E-state index contributed by atoms with van der Waals surface area (Å²) in [7, 11) is 0. The zero-order chi connectivity index (χ0) is 11.4. The molecule has 0 spiro atoms. The Kier molecular flexibility index (Phi) is 3.54. The van der Waals surface area contributed by atoms with Gasteiger partial charge in [-0.1, -0.05) is 35.9 Å². The highest BCUT2D eigenvalue weighted by Gasteiger charge is 1.99. The van der Waals surface area contributed by atoms with Crippen LogP contribution in [0, 0.1) is 0 Å². The summed E-state index contributed by atoms with van der Waals surface area (Å²) < 4.78 is 0. The number of hydrogen-bond donors (Lipinski definition) is 1. The van der Waals surface area contributed by atoms with Crippen LogP contribution in [0.3, 0.4) is 0 Å². The first-order valence-corrected chi connectivity index (χ1v) is 5.60. The second-order valence-corrected chi connectivity index (χ2v) is 3.96. The average Bonchev–Trinajstić information content (AvgIpc) is 2.30. The number of nitrogens with zero attached hydrogens (tertiary/aromatic N) is 1. The van der Waals surface area contributed by atoms with Gasteiger partial charge in [-0.3, -0.25) is 4.98 Å². The molecule has 1 aromatic carbocycles. The van der Waals surface area contributed by atoms with Crippen LogP contribution in [0.2, 0.25) is 5.02 Å². The molecule has 0 unspecified atom stereocenters. The molecule has 1 heterocycles. The molecule has 0 saturated carbocycles. The third-order valence-electron chi connectivity index (χ3n) is 2.36. The molecule has 0 fully saturated rings. The average molecular weight is 233 g/mol. The Hall–Kier alpha value is -1.38. The lowest BCUT2D eigenvalue weighted by molar-refractivity contribution is 1.01. The molecule has 16 heavy (non-hydrogen) atoms. The summed E-state index contributed by atoms with van der Waals surface area (Å²) in [6, 6.07) is 7.84. The van der Waals surface area contributed by atoms with Crippen molar-refractivity contribution < 1.29 is 0 Å². The van der Waals surface area contributed by atoms with Crippen LogP contribution < -0.4 is 5.73 Å². The van der Waals surface area contributed by atoms with E-state index in [1.54, 1.807) is 12.3 Å². The van der Waals surface area contributed by atoms with Crippen molar-refractivity contribution in [2.24, 2.45) is 5.73 Å². The molecule has 82 valence electrons. The fourth-order valence-electron chi connectivity index (χ4n) is 1.55. The first-order valence-electron chi connectivity index (χ1n) is 5.22. The molecule has 2 rings (SSSR count). The summed E-state index contributed by atoms with van der Waals surface area (Å²) in [4.78, 5) is 4.29. The molecule has 2 N–H and O–H groups in total. The number of hydrogen-bond acceptors (Lipinski definition) is 2. The number of nitrogens with two attached hydrogens (primary N) is 1. The van der Waals surface area contributed by atoms with E-state index in [0.717, 1.165) is 27.9 Å². The second kappa shape index (κ2) is 5.10. The van der Waals surface area contributed by atoms with Gasteiger partial charge in [0.2, 0.25) is 0 Å². The van der Waals surface area contributed by atoms with E-state index >= 15 is 0 Å². The topological polar surface area (TPSA) is 38.9 Å². The Bertz CT molecular complexity index is 520. The van der Waals surface area contributed by atoms with Crippen molar-refractivity contribution in [3.05, 3.63) is 47.1 Å². The number of rotatable bonds is 3. The first kappa shape index (κ1) is 11.1. The van der Waals surface area contributed by atoms with Crippen LogP contribution in [-0.2, 0) is 0 Å². The summed E-state index contributed by atoms with van der Waals surface area (Å²) in [6.07, 6.45) is 6.72. The molecule has 2 nitrogen and oxygen atoms in total. The fourth-order valence-corrected chi connectivity index (χ4v) is 1.77. The van der Waals surface area contributed by atoms with E-state index in [0.29, 0.717) is 6.54 Å². The minimum absolute atomic E-state index is 0.675. The summed E-state index contributed by atoms with van der Waals surface area (Å²) >= 11 is 6.06. The molecular formula is C13H13ClN2. The van der Waals surface area contributed by atoms with E-state index in [4.69, 9.17) is 17.3 Å². The fraction of sp³-hybridized carbons (Fsp3) is 0.154. The molecule has 0 aliphatic carbocycles. The van der Waals surface area contributed by atoms with Gasteiger partial charge in [0, 0.05) is 11.6 Å². The summed E-state index contributed by atoms with van der Waals surface area (Å²) in [5.41, 5.74) is 7.46. The van der Waals surface area contributed by atoms with Gasteiger partial charge in [-0.15, -0.1) is 0 Å². The lowest BCUT2D eigenvalue weighted by Gasteiger charge is -2.00. The van der Waals surface area contributed by atoms with Crippen LogP contribution in [-0.4, -0.2) is 11.5 Å².